The smallest absolute Gasteiger partial charge is 0.125 e. The average Bonchev–Trinajstić information content (AvgIpc) is 2.19. The highest BCUT2D eigenvalue weighted by Crippen LogP contribution is 2.03. The topological polar surface area (TPSA) is 60.2 Å². The Bertz CT molecular complexity index is 236. The van der Waals surface area contributed by atoms with Crippen LogP contribution in [0.4, 0.5) is 5.82 Å². The van der Waals surface area contributed by atoms with Gasteiger partial charge in [0.25, 0.3) is 0 Å². The Kier molecular flexibility index (Phi) is 6.70. The molecule has 0 aliphatic rings. The van der Waals surface area contributed by atoms with Crippen molar-refractivity contribution in [1.29, 1.82) is 0 Å². The van der Waals surface area contributed by atoms with Crippen molar-refractivity contribution >= 4 is 5.82 Å². The van der Waals surface area contributed by atoms with Crippen molar-refractivity contribution in [1.82, 2.24) is 4.98 Å². The minimum Gasteiger partial charge on any atom is -0.383 e. The number of nitrogens with two attached hydrogens (primary N) is 1. The second-order valence-corrected chi connectivity index (χ2v) is 2.68. The van der Waals surface area contributed by atoms with E-state index in [0.717, 1.165) is 17.9 Å². The first-order valence-corrected chi connectivity index (χ1v) is 4.24. The molecule has 1 heterocycles. The van der Waals surface area contributed by atoms with Gasteiger partial charge >= 0.3 is 0 Å². The Morgan fingerprint density at radius 3 is 2.79 bits per heavy atom. The molecule has 1 aromatic heterocycles. The maximum atomic E-state index is 5.44. The molecule has 0 saturated heterocycles. The fourth-order valence-electron chi connectivity index (χ4n) is 0.931. The second kappa shape index (κ2) is 7.29. The minimum absolute atomic E-state index is 0. The lowest BCUT2D eigenvalue weighted by atomic mass is 10.3. The molecular formula is C10H19N3O. The third-order valence-corrected chi connectivity index (χ3v) is 1.67. The van der Waals surface area contributed by atoms with E-state index in [2.05, 4.69) is 10.3 Å². The largest absolute Gasteiger partial charge is 0.383 e. The molecule has 3 N–H and O–H groups in total. The van der Waals surface area contributed by atoms with E-state index < -0.39 is 0 Å². The summed E-state index contributed by atoms with van der Waals surface area (Å²) >= 11 is 0. The van der Waals surface area contributed by atoms with Gasteiger partial charge in [0.05, 0.1) is 6.61 Å². The molecule has 0 bridgehead atoms. The second-order valence-electron chi connectivity index (χ2n) is 2.68. The fourth-order valence-corrected chi connectivity index (χ4v) is 0.931. The number of ether oxygens (including phenoxy) is 1. The zero-order valence-corrected chi connectivity index (χ0v) is 7.79. The Balaban J connectivity index is 0.00000169. The van der Waals surface area contributed by atoms with Gasteiger partial charge in [-0.1, -0.05) is 13.5 Å². The summed E-state index contributed by atoms with van der Waals surface area (Å²) in [5.41, 5.74) is 6.48. The normalized spacial score (nSPS) is 9.29. The molecule has 0 spiro atoms. The zero-order chi connectivity index (χ0) is 9.52. The number of nitrogens with zero attached hydrogens (tertiary/aromatic N) is 1. The summed E-state index contributed by atoms with van der Waals surface area (Å²) in [6.07, 6.45) is 1.77. The van der Waals surface area contributed by atoms with Crippen molar-refractivity contribution in [2.75, 3.05) is 25.6 Å². The van der Waals surface area contributed by atoms with Gasteiger partial charge in [0.15, 0.2) is 0 Å². The van der Waals surface area contributed by atoms with Gasteiger partial charge in [-0.05, 0) is 11.6 Å². The van der Waals surface area contributed by atoms with Crippen LogP contribution in [0, 0.1) is 0 Å². The number of pyridine rings is 1. The van der Waals surface area contributed by atoms with Crippen molar-refractivity contribution in [3.8, 4) is 0 Å². The van der Waals surface area contributed by atoms with Crippen LogP contribution in [0.5, 0.6) is 0 Å². The van der Waals surface area contributed by atoms with Crippen LogP contribution in [0.1, 0.15) is 13.0 Å². The van der Waals surface area contributed by atoms with Crippen LogP contribution in [0.15, 0.2) is 18.3 Å². The minimum atomic E-state index is 0. The molecule has 0 fully saturated rings. The van der Waals surface area contributed by atoms with Crippen molar-refractivity contribution < 1.29 is 4.74 Å². The third kappa shape index (κ3) is 4.20. The molecule has 0 unspecified atom stereocenters. The van der Waals surface area contributed by atoms with E-state index in [1.165, 1.54) is 0 Å². The maximum absolute atomic E-state index is 5.44. The molecule has 1 rings (SSSR count). The fraction of sp³-hybridized carbons (Fsp3) is 0.500. The predicted molar refractivity (Wildman–Crippen MR) is 59.2 cm³/mol. The van der Waals surface area contributed by atoms with E-state index in [4.69, 9.17) is 10.5 Å². The summed E-state index contributed by atoms with van der Waals surface area (Å²) in [6.45, 7) is 1.98. The lowest BCUT2D eigenvalue weighted by Gasteiger charge is -2.04. The molecular weight excluding hydrogens is 178 g/mol. The van der Waals surface area contributed by atoms with Crippen molar-refractivity contribution in [3.63, 3.8) is 0 Å². The van der Waals surface area contributed by atoms with Crippen molar-refractivity contribution in [2.45, 2.75) is 14.0 Å². The van der Waals surface area contributed by atoms with E-state index in [0.29, 0.717) is 13.2 Å². The first-order chi connectivity index (χ1) is 6.36. The van der Waals surface area contributed by atoms with Gasteiger partial charge in [-0.25, -0.2) is 4.98 Å². The molecule has 0 aliphatic heterocycles. The quantitative estimate of drug-likeness (QED) is 0.697. The molecule has 0 saturated carbocycles. The van der Waals surface area contributed by atoms with Crippen molar-refractivity contribution in [2.24, 2.45) is 5.73 Å². The Morgan fingerprint density at radius 2 is 2.29 bits per heavy atom. The summed E-state index contributed by atoms with van der Waals surface area (Å²) in [6, 6.07) is 3.87. The molecule has 0 aliphatic carbocycles. The van der Waals surface area contributed by atoms with Gasteiger partial charge in [0.1, 0.15) is 5.82 Å². The van der Waals surface area contributed by atoms with Gasteiger partial charge in [-0.15, -0.1) is 0 Å². The van der Waals surface area contributed by atoms with Gasteiger partial charge < -0.3 is 15.8 Å². The molecule has 0 aromatic carbocycles. The SMILES string of the molecule is C.COCCNc1ccc(CN)cn1. The van der Waals surface area contributed by atoms with Gasteiger partial charge in [-0.3, -0.25) is 0 Å². The van der Waals surface area contributed by atoms with Crippen LogP contribution in [0.3, 0.4) is 0 Å². The maximum Gasteiger partial charge on any atom is 0.125 e. The Labute approximate surface area is 85.5 Å². The molecule has 4 heteroatoms. The number of anilines is 1. The first kappa shape index (κ1) is 12.9. The summed E-state index contributed by atoms with van der Waals surface area (Å²) < 4.78 is 4.90. The molecule has 1 aromatic rings. The first-order valence-electron chi connectivity index (χ1n) is 4.24. The molecule has 0 atom stereocenters. The van der Waals surface area contributed by atoms with Gasteiger partial charge in [0.2, 0.25) is 0 Å². The molecule has 0 radical (unpaired) electrons. The Hall–Kier alpha value is -1.13. The highest BCUT2D eigenvalue weighted by Gasteiger charge is 1.92. The van der Waals surface area contributed by atoms with Gasteiger partial charge in [-0.2, -0.15) is 0 Å². The molecule has 14 heavy (non-hydrogen) atoms. The predicted octanol–water partition coefficient (Wildman–Crippen LogP) is 1.23. The monoisotopic (exact) mass is 197 g/mol. The van der Waals surface area contributed by atoms with Crippen LogP contribution in [-0.4, -0.2) is 25.2 Å². The number of aromatic nitrogens is 1. The number of rotatable bonds is 5. The van der Waals surface area contributed by atoms with Crippen LogP contribution >= 0.6 is 0 Å². The van der Waals surface area contributed by atoms with E-state index in [9.17, 15) is 0 Å². The molecule has 4 nitrogen and oxygen atoms in total. The van der Waals surface area contributed by atoms with Gasteiger partial charge in [0, 0.05) is 26.4 Å². The van der Waals surface area contributed by atoms with Crippen molar-refractivity contribution in [3.05, 3.63) is 23.9 Å². The Morgan fingerprint density at radius 1 is 1.50 bits per heavy atom. The molecule has 80 valence electrons. The molecule has 0 amide bonds. The number of hydrogen-bond donors (Lipinski definition) is 2. The number of methoxy groups -OCH3 is 1. The lowest BCUT2D eigenvalue weighted by Crippen LogP contribution is -2.08. The van der Waals surface area contributed by atoms with E-state index in [1.54, 1.807) is 13.3 Å². The number of nitrogens with one attached hydrogen (secondary N) is 1. The lowest BCUT2D eigenvalue weighted by molar-refractivity contribution is 0.210. The zero-order valence-electron chi connectivity index (χ0n) is 7.79. The summed E-state index contributed by atoms with van der Waals surface area (Å²) in [7, 11) is 1.67. The standard InChI is InChI=1S/C9H15N3O.CH4/c1-13-5-4-11-9-3-2-8(6-10)7-12-9;/h2-3,7H,4-6,10H2,1H3,(H,11,12);1H4. The van der Waals surface area contributed by atoms with Crippen LogP contribution < -0.4 is 11.1 Å². The third-order valence-electron chi connectivity index (χ3n) is 1.67. The summed E-state index contributed by atoms with van der Waals surface area (Å²) in [5.74, 6) is 0.856. The van der Waals surface area contributed by atoms with E-state index in [1.807, 2.05) is 12.1 Å². The summed E-state index contributed by atoms with van der Waals surface area (Å²) in [5, 5.41) is 3.12. The van der Waals surface area contributed by atoms with Crippen LogP contribution in [-0.2, 0) is 11.3 Å². The van der Waals surface area contributed by atoms with E-state index >= 15 is 0 Å². The van der Waals surface area contributed by atoms with Crippen LogP contribution in [0.25, 0.3) is 0 Å². The number of hydrogen-bond acceptors (Lipinski definition) is 4. The highest BCUT2D eigenvalue weighted by atomic mass is 16.5. The summed E-state index contributed by atoms with van der Waals surface area (Å²) in [4.78, 5) is 4.17. The van der Waals surface area contributed by atoms with Crippen LogP contribution in [0.2, 0.25) is 0 Å². The highest BCUT2D eigenvalue weighted by molar-refractivity contribution is 5.35. The van der Waals surface area contributed by atoms with E-state index in [-0.39, 0.29) is 7.43 Å². The average molecular weight is 197 g/mol.